The predicted molar refractivity (Wildman–Crippen MR) is 94.7 cm³/mol. The number of hydrogen-bond acceptors (Lipinski definition) is 2. The van der Waals surface area contributed by atoms with E-state index < -0.39 is 0 Å². The van der Waals surface area contributed by atoms with Crippen molar-refractivity contribution in [2.45, 2.75) is 66.7 Å². The van der Waals surface area contributed by atoms with Gasteiger partial charge in [0, 0.05) is 0 Å². The molecule has 2 unspecified atom stereocenters. The standard InChI is InChI=1S/C20H34O2/c1-6-15(4)11-16(5)12-17-13-18(7-2)20(22-10-9-21)19(8-3)14-17/h13-16,21H,6-12H2,1-5H3. The third-order valence-electron chi connectivity index (χ3n) is 4.49. The highest BCUT2D eigenvalue weighted by Gasteiger charge is 2.13. The maximum absolute atomic E-state index is 9.01. The summed E-state index contributed by atoms with van der Waals surface area (Å²) in [7, 11) is 0. The molecule has 0 amide bonds. The monoisotopic (exact) mass is 306 g/mol. The van der Waals surface area contributed by atoms with Crippen molar-refractivity contribution in [3.63, 3.8) is 0 Å². The van der Waals surface area contributed by atoms with Gasteiger partial charge in [-0.2, -0.15) is 0 Å². The number of aryl methyl sites for hydroxylation is 2. The van der Waals surface area contributed by atoms with Crippen LogP contribution in [0.4, 0.5) is 0 Å². The first-order valence-electron chi connectivity index (χ1n) is 8.93. The fourth-order valence-electron chi connectivity index (χ4n) is 3.14. The van der Waals surface area contributed by atoms with E-state index in [4.69, 9.17) is 9.84 Å². The Balaban J connectivity index is 2.92. The Morgan fingerprint density at radius 1 is 1.00 bits per heavy atom. The molecule has 0 fully saturated rings. The third kappa shape index (κ3) is 5.64. The minimum absolute atomic E-state index is 0.0694. The van der Waals surface area contributed by atoms with Crippen molar-refractivity contribution in [2.24, 2.45) is 11.8 Å². The fraction of sp³-hybridized carbons (Fsp3) is 0.700. The maximum Gasteiger partial charge on any atom is 0.125 e. The SMILES string of the molecule is CCc1cc(CC(C)CC(C)CC)cc(CC)c1OCCO. The molecule has 0 saturated heterocycles. The van der Waals surface area contributed by atoms with E-state index in [1.54, 1.807) is 0 Å². The van der Waals surface area contributed by atoms with Crippen LogP contribution in [-0.2, 0) is 19.3 Å². The Bertz CT molecular complexity index is 414. The molecule has 0 aliphatic heterocycles. The molecule has 126 valence electrons. The highest BCUT2D eigenvalue weighted by molar-refractivity contribution is 5.45. The van der Waals surface area contributed by atoms with Crippen molar-refractivity contribution in [3.8, 4) is 5.75 Å². The van der Waals surface area contributed by atoms with Crippen molar-refractivity contribution >= 4 is 0 Å². The van der Waals surface area contributed by atoms with Crippen LogP contribution in [0.5, 0.6) is 5.75 Å². The Labute approximate surface area is 136 Å². The summed E-state index contributed by atoms with van der Waals surface area (Å²) in [6.07, 6.45) is 5.65. The third-order valence-corrected chi connectivity index (χ3v) is 4.49. The van der Waals surface area contributed by atoms with Crippen LogP contribution in [0.2, 0.25) is 0 Å². The fourth-order valence-corrected chi connectivity index (χ4v) is 3.14. The van der Waals surface area contributed by atoms with E-state index in [9.17, 15) is 0 Å². The smallest absolute Gasteiger partial charge is 0.125 e. The summed E-state index contributed by atoms with van der Waals surface area (Å²) in [6.45, 7) is 11.8. The van der Waals surface area contributed by atoms with Crippen LogP contribution in [0.15, 0.2) is 12.1 Å². The molecule has 0 aliphatic rings. The molecule has 1 rings (SSSR count). The summed E-state index contributed by atoms with van der Waals surface area (Å²) in [5.41, 5.74) is 3.98. The van der Waals surface area contributed by atoms with E-state index >= 15 is 0 Å². The van der Waals surface area contributed by atoms with E-state index in [1.165, 1.54) is 29.5 Å². The van der Waals surface area contributed by atoms with Gasteiger partial charge in [-0.05, 0) is 54.2 Å². The molecule has 0 aromatic heterocycles. The van der Waals surface area contributed by atoms with Crippen LogP contribution >= 0.6 is 0 Å². The maximum atomic E-state index is 9.01. The molecule has 0 spiro atoms. The minimum Gasteiger partial charge on any atom is -0.491 e. The summed E-state index contributed by atoms with van der Waals surface area (Å²) < 4.78 is 5.79. The van der Waals surface area contributed by atoms with Crippen molar-refractivity contribution in [2.75, 3.05) is 13.2 Å². The van der Waals surface area contributed by atoms with Crippen LogP contribution in [0.3, 0.4) is 0 Å². The van der Waals surface area contributed by atoms with Crippen LogP contribution in [0.1, 0.15) is 64.2 Å². The second-order valence-corrected chi connectivity index (χ2v) is 6.58. The van der Waals surface area contributed by atoms with Gasteiger partial charge in [0.25, 0.3) is 0 Å². The molecule has 1 aromatic rings. The molecule has 0 aliphatic carbocycles. The lowest BCUT2D eigenvalue weighted by Gasteiger charge is -2.19. The highest BCUT2D eigenvalue weighted by atomic mass is 16.5. The summed E-state index contributed by atoms with van der Waals surface area (Å²) >= 11 is 0. The van der Waals surface area contributed by atoms with Gasteiger partial charge in [-0.3, -0.25) is 0 Å². The lowest BCUT2D eigenvalue weighted by Crippen LogP contribution is -2.09. The number of aliphatic hydroxyl groups excluding tert-OH is 1. The number of hydrogen-bond donors (Lipinski definition) is 1. The lowest BCUT2D eigenvalue weighted by atomic mass is 9.89. The van der Waals surface area contributed by atoms with Crippen LogP contribution in [-0.4, -0.2) is 18.3 Å². The van der Waals surface area contributed by atoms with Gasteiger partial charge in [0.05, 0.1) is 6.61 Å². The van der Waals surface area contributed by atoms with Crippen molar-refractivity contribution < 1.29 is 9.84 Å². The zero-order valence-corrected chi connectivity index (χ0v) is 15.1. The summed E-state index contributed by atoms with van der Waals surface area (Å²) in [5, 5.41) is 9.01. The molecule has 1 aromatic carbocycles. The first-order chi connectivity index (χ1) is 10.5. The van der Waals surface area contributed by atoms with E-state index in [0.29, 0.717) is 12.5 Å². The Kier molecular flexibility index (Phi) is 8.55. The number of aliphatic hydroxyl groups is 1. The molecular formula is C20H34O2. The van der Waals surface area contributed by atoms with Crippen LogP contribution < -0.4 is 4.74 Å². The molecule has 0 saturated carbocycles. The highest BCUT2D eigenvalue weighted by Crippen LogP contribution is 2.29. The van der Waals surface area contributed by atoms with Gasteiger partial charge < -0.3 is 9.84 Å². The number of rotatable bonds is 10. The number of ether oxygens (including phenoxy) is 1. The molecule has 0 radical (unpaired) electrons. The average molecular weight is 306 g/mol. The van der Waals surface area contributed by atoms with E-state index in [0.717, 1.165) is 30.9 Å². The van der Waals surface area contributed by atoms with Gasteiger partial charge in [0.1, 0.15) is 12.4 Å². The Morgan fingerprint density at radius 2 is 1.59 bits per heavy atom. The second-order valence-electron chi connectivity index (χ2n) is 6.58. The summed E-state index contributed by atoms with van der Waals surface area (Å²) in [6, 6.07) is 4.61. The van der Waals surface area contributed by atoms with Gasteiger partial charge in [-0.15, -0.1) is 0 Å². The van der Waals surface area contributed by atoms with Crippen LogP contribution in [0, 0.1) is 11.8 Å². The van der Waals surface area contributed by atoms with Crippen molar-refractivity contribution in [1.82, 2.24) is 0 Å². The van der Waals surface area contributed by atoms with Gasteiger partial charge in [0.15, 0.2) is 0 Å². The Hall–Kier alpha value is -1.02. The predicted octanol–water partition coefficient (Wildman–Crippen LogP) is 4.80. The average Bonchev–Trinajstić information content (AvgIpc) is 2.52. The van der Waals surface area contributed by atoms with Gasteiger partial charge >= 0.3 is 0 Å². The minimum atomic E-state index is 0.0694. The largest absolute Gasteiger partial charge is 0.491 e. The topological polar surface area (TPSA) is 29.5 Å². The first kappa shape index (κ1) is 19.0. The second kappa shape index (κ2) is 9.89. The van der Waals surface area contributed by atoms with E-state index in [1.807, 2.05) is 0 Å². The molecular weight excluding hydrogens is 272 g/mol. The quantitative estimate of drug-likeness (QED) is 0.673. The van der Waals surface area contributed by atoms with E-state index in [2.05, 4.69) is 46.8 Å². The lowest BCUT2D eigenvalue weighted by molar-refractivity contribution is 0.199. The first-order valence-corrected chi connectivity index (χ1v) is 8.93. The van der Waals surface area contributed by atoms with Crippen LogP contribution in [0.25, 0.3) is 0 Å². The number of benzene rings is 1. The summed E-state index contributed by atoms with van der Waals surface area (Å²) in [4.78, 5) is 0. The van der Waals surface area contributed by atoms with E-state index in [-0.39, 0.29) is 6.61 Å². The molecule has 2 nitrogen and oxygen atoms in total. The van der Waals surface area contributed by atoms with Crippen molar-refractivity contribution in [3.05, 3.63) is 28.8 Å². The summed E-state index contributed by atoms with van der Waals surface area (Å²) in [5.74, 6) is 2.52. The Morgan fingerprint density at radius 3 is 2.05 bits per heavy atom. The molecule has 0 heterocycles. The molecule has 2 heteroatoms. The zero-order chi connectivity index (χ0) is 16.5. The molecule has 1 N–H and O–H groups in total. The molecule has 2 atom stereocenters. The zero-order valence-electron chi connectivity index (χ0n) is 15.1. The van der Waals surface area contributed by atoms with Crippen molar-refractivity contribution in [1.29, 1.82) is 0 Å². The van der Waals surface area contributed by atoms with Gasteiger partial charge in [0.2, 0.25) is 0 Å². The van der Waals surface area contributed by atoms with Gasteiger partial charge in [-0.1, -0.05) is 53.2 Å². The van der Waals surface area contributed by atoms with Gasteiger partial charge in [-0.25, -0.2) is 0 Å². The molecule has 0 bridgehead atoms. The molecule has 22 heavy (non-hydrogen) atoms. The normalized spacial score (nSPS) is 13.9.